The maximum Gasteiger partial charge on any atom is 0.298 e. The summed E-state index contributed by atoms with van der Waals surface area (Å²) in [5.74, 6) is 1.96. The summed E-state index contributed by atoms with van der Waals surface area (Å²) in [4.78, 5) is 20.8. The second-order valence-electron chi connectivity index (χ2n) is 8.22. The molecule has 0 saturated heterocycles. The maximum atomic E-state index is 12.9. The minimum Gasteiger partial charge on any atom is -0.349 e. The lowest BCUT2D eigenvalue weighted by Gasteiger charge is -2.54. The van der Waals surface area contributed by atoms with E-state index in [1.54, 1.807) is 0 Å². The van der Waals surface area contributed by atoms with Crippen molar-refractivity contribution in [1.29, 1.82) is 0 Å². The number of nitrogens with zero attached hydrogens (tertiary/aromatic N) is 3. The van der Waals surface area contributed by atoms with Crippen molar-refractivity contribution in [1.82, 2.24) is 14.6 Å². The largest absolute Gasteiger partial charge is 0.349 e. The van der Waals surface area contributed by atoms with Gasteiger partial charge in [-0.15, -0.1) is 0 Å². The van der Waals surface area contributed by atoms with Crippen LogP contribution in [0.1, 0.15) is 32.5 Å². The SMILES string of the molecule is Cc1nc2c([nH]c3ccccc32)c(=O)n1/N=C/C1=CC2CC(C1)C2(C)C. The van der Waals surface area contributed by atoms with Crippen LogP contribution in [-0.2, 0) is 0 Å². The fourth-order valence-corrected chi connectivity index (χ4v) is 4.52. The van der Waals surface area contributed by atoms with Crippen LogP contribution in [0.3, 0.4) is 0 Å². The molecule has 2 unspecified atom stereocenters. The number of hydrogen-bond acceptors (Lipinski definition) is 3. The van der Waals surface area contributed by atoms with Crippen LogP contribution in [0.4, 0.5) is 0 Å². The summed E-state index contributed by atoms with van der Waals surface area (Å²) in [6.45, 7) is 6.52. The zero-order valence-electron chi connectivity index (χ0n) is 15.3. The highest BCUT2D eigenvalue weighted by Gasteiger charge is 2.49. The van der Waals surface area contributed by atoms with Crippen LogP contribution in [0.2, 0.25) is 0 Å². The first kappa shape index (κ1) is 15.6. The lowest BCUT2D eigenvalue weighted by molar-refractivity contribution is 0.00130. The first-order chi connectivity index (χ1) is 12.4. The Morgan fingerprint density at radius 2 is 2.15 bits per heavy atom. The molecule has 1 fully saturated rings. The molecule has 2 heterocycles. The van der Waals surface area contributed by atoms with Crippen molar-refractivity contribution < 1.29 is 0 Å². The summed E-state index contributed by atoms with van der Waals surface area (Å²) < 4.78 is 1.41. The molecule has 0 aliphatic heterocycles. The number of aromatic amines is 1. The Labute approximate surface area is 151 Å². The molecule has 1 saturated carbocycles. The molecule has 26 heavy (non-hydrogen) atoms. The summed E-state index contributed by atoms with van der Waals surface area (Å²) in [6.07, 6.45) is 6.51. The van der Waals surface area contributed by atoms with Gasteiger partial charge in [-0.25, -0.2) is 4.98 Å². The van der Waals surface area contributed by atoms with Gasteiger partial charge in [0.15, 0.2) is 0 Å². The van der Waals surface area contributed by atoms with E-state index in [0.717, 1.165) is 28.8 Å². The zero-order valence-corrected chi connectivity index (χ0v) is 15.3. The molecule has 2 bridgehead atoms. The second kappa shape index (κ2) is 5.16. The summed E-state index contributed by atoms with van der Waals surface area (Å²) >= 11 is 0. The number of benzene rings is 1. The average molecular weight is 346 g/mol. The van der Waals surface area contributed by atoms with Gasteiger partial charge in [-0.3, -0.25) is 4.79 Å². The van der Waals surface area contributed by atoms with Crippen molar-refractivity contribution in [3.8, 4) is 0 Å². The third-order valence-corrected chi connectivity index (χ3v) is 6.45. The summed E-state index contributed by atoms with van der Waals surface area (Å²) in [6, 6.07) is 7.84. The quantitative estimate of drug-likeness (QED) is 0.713. The fraction of sp³-hybridized carbons (Fsp3) is 0.381. The number of aromatic nitrogens is 3. The molecule has 6 rings (SSSR count). The van der Waals surface area contributed by atoms with E-state index >= 15 is 0 Å². The van der Waals surface area contributed by atoms with E-state index in [1.807, 2.05) is 37.4 Å². The zero-order chi connectivity index (χ0) is 18.1. The summed E-state index contributed by atoms with van der Waals surface area (Å²) in [7, 11) is 0. The Balaban J connectivity index is 1.58. The van der Waals surface area contributed by atoms with Crippen molar-refractivity contribution in [2.24, 2.45) is 22.4 Å². The molecule has 2 aromatic heterocycles. The van der Waals surface area contributed by atoms with Gasteiger partial charge in [0.05, 0.1) is 6.21 Å². The lowest BCUT2D eigenvalue weighted by atomic mass is 9.50. The van der Waals surface area contributed by atoms with Gasteiger partial charge < -0.3 is 4.98 Å². The van der Waals surface area contributed by atoms with Crippen LogP contribution >= 0.6 is 0 Å². The first-order valence-electron chi connectivity index (χ1n) is 9.20. The molecular weight excluding hydrogens is 324 g/mol. The molecule has 1 N–H and O–H groups in total. The number of para-hydroxylation sites is 1. The van der Waals surface area contributed by atoms with E-state index in [0.29, 0.717) is 22.7 Å². The molecule has 0 radical (unpaired) electrons. The monoisotopic (exact) mass is 346 g/mol. The van der Waals surface area contributed by atoms with Crippen LogP contribution in [0, 0.1) is 24.2 Å². The van der Waals surface area contributed by atoms with Gasteiger partial charge in [0, 0.05) is 10.9 Å². The molecule has 5 nitrogen and oxygen atoms in total. The molecule has 2 atom stereocenters. The standard InChI is InChI=1S/C21H22N4O/c1-12-23-18-16-6-4-5-7-17(16)24-19(18)20(26)25(12)22-11-13-8-14-10-15(9-13)21(14,2)3/h4-8,11,14-15,24H,9-10H2,1-3H3/b22-11+. The van der Waals surface area contributed by atoms with Crippen LogP contribution < -0.4 is 5.56 Å². The number of aryl methyl sites for hydroxylation is 1. The smallest absolute Gasteiger partial charge is 0.298 e. The van der Waals surface area contributed by atoms with Gasteiger partial charge >= 0.3 is 0 Å². The highest BCUT2D eigenvalue weighted by atomic mass is 16.1. The minimum atomic E-state index is -0.151. The molecule has 3 aliphatic carbocycles. The number of fused-ring (bicyclic) bond motifs is 4. The van der Waals surface area contributed by atoms with E-state index in [2.05, 4.69) is 35.0 Å². The van der Waals surface area contributed by atoms with E-state index in [4.69, 9.17) is 0 Å². The fourth-order valence-electron chi connectivity index (χ4n) is 4.52. The number of rotatable bonds is 2. The Hall–Kier alpha value is -2.69. The third-order valence-electron chi connectivity index (χ3n) is 6.45. The number of allylic oxidation sites excluding steroid dienone is 2. The predicted molar refractivity (Wildman–Crippen MR) is 105 cm³/mol. The Kier molecular flexibility index (Phi) is 3.09. The van der Waals surface area contributed by atoms with Gasteiger partial charge in [0.2, 0.25) is 0 Å². The van der Waals surface area contributed by atoms with Gasteiger partial charge in [-0.2, -0.15) is 9.78 Å². The highest BCUT2D eigenvalue weighted by molar-refractivity contribution is 6.04. The van der Waals surface area contributed by atoms with Gasteiger partial charge in [-0.05, 0) is 48.7 Å². The molecule has 5 heteroatoms. The van der Waals surface area contributed by atoms with Crippen LogP contribution in [-0.4, -0.2) is 20.9 Å². The summed E-state index contributed by atoms with van der Waals surface area (Å²) in [5.41, 5.74) is 3.64. The van der Waals surface area contributed by atoms with Crippen LogP contribution in [0.5, 0.6) is 0 Å². The van der Waals surface area contributed by atoms with E-state index in [9.17, 15) is 4.79 Å². The van der Waals surface area contributed by atoms with Crippen molar-refractivity contribution in [3.05, 3.63) is 52.1 Å². The van der Waals surface area contributed by atoms with Crippen molar-refractivity contribution in [3.63, 3.8) is 0 Å². The lowest BCUT2D eigenvalue weighted by Crippen LogP contribution is -2.46. The van der Waals surface area contributed by atoms with Crippen molar-refractivity contribution >= 4 is 28.2 Å². The van der Waals surface area contributed by atoms with Gasteiger partial charge in [0.1, 0.15) is 16.9 Å². The van der Waals surface area contributed by atoms with E-state index in [-0.39, 0.29) is 5.56 Å². The molecule has 0 amide bonds. The maximum absolute atomic E-state index is 12.9. The molecule has 0 spiro atoms. The molecule has 132 valence electrons. The Morgan fingerprint density at radius 3 is 2.88 bits per heavy atom. The van der Waals surface area contributed by atoms with Gasteiger partial charge in [-0.1, -0.05) is 38.1 Å². The molecular formula is C21H22N4O. The molecule has 1 aromatic carbocycles. The summed E-state index contributed by atoms with van der Waals surface area (Å²) in [5, 5.41) is 5.45. The minimum absolute atomic E-state index is 0.151. The molecule has 3 aromatic rings. The third kappa shape index (κ3) is 2.06. The van der Waals surface area contributed by atoms with Gasteiger partial charge in [0.25, 0.3) is 5.56 Å². The topological polar surface area (TPSA) is 63.0 Å². The predicted octanol–water partition coefficient (Wildman–Crippen LogP) is 4.01. The van der Waals surface area contributed by atoms with Crippen LogP contribution in [0.15, 0.2) is 45.8 Å². The average Bonchev–Trinajstić information content (AvgIpc) is 3.00. The van der Waals surface area contributed by atoms with Crippen molar-refractivity contribution in [2.75, 3.05) is 0 Å². The number of nitrogens with one attached hydrogen (secondary N) is 1. The van der Waals surface area contributed by atoms with E-state index < -0.39 is 0 Å². The second-order valence-corrected chi connectivity index (χ2v) is 8.22. The Morgan fingerprint density at radius 1 is 1.35 bits per heavy atom. The first-order valence-corrected chi connectivity index (χ1v) is 9.20. The Bertz CT molecular complexity index is 1160. The van der Waals surface area contributed by atoms with E-state index in [1.165, 1.54) is 16.7 Å². The number of H-pyrrole nitrogens is 1. The number of hydrogen-bond donors (Lipinski definition) is 1. The normalized spacial score (nSPS) is 24.2. The molecule has 3 aliphatic rings. The highest BCUT2D eigenvalue weighted by Crippen LogP contribution is 2.57. The van der Waals surface area contributed by atoms with Crippen molar-refractivity contribution in [2.45, 2.75) is 33.6 Å². The van der Waals surface area contributed by atoms with Crippen LogP contribution in [0.25, 0.3) is 21.9 Å².